The second kappa shape index (κ2) is 5.54. The van der Waals surface area contributed by atoms with Gasteiger partial charge in [-0.05, 0) is 24.3 Å². The maximum Gasteiger partial charge on any atom is 0.257 e. The normalized spacial score (nSPS) is 9.95. The molecule has 3 N–H and O–H groups in total. The number of benzene rings is 2. The molecule has 2 aromatic rings. The molecule has 0 unspecified atom stereocenters. The first-order valence-electron chi connectivity index (χ1n) is 5.54. The molecule has 96 valence electrons. The van der Waals surface area contributed by atoms with E-state index in [-0.39, 0.29) is 11.5 Å². The molecule has 2 aromatic carbocycles. The van der Waals surface area contributed by atoms with Gasteiger partial charge in [-0.3, -0.25) is 9.59 Å². The number of anilines is 1. The molecule has 2 rings (SSSR count). The summed E-state index contributed by atoms with van der Waals surface area (Å²) in [5, 5.41) is 2.97. The Labute approximate surface area is 115 Å². The van der Waals surface area contributed by atoms with Crippen LogP contribution in [0.5, 0.6) is 0 Å². The van der Waals surface area contributed by atoms with Gasteiger partial charge in [-0.15, -0.1) is 0 Å². The first-order chi connectivity index (χ1) is 9.09. The monoisotopic (exact) mass is 274 g/mol. The van der Waals surface area contributed by atoms with E-state index in [2.05, 4.69) is 5.32 Å². The first kappa shape index (κ1) is 13.1. The summed E-state index contributed by atoms with van der Waals surface area (Å²) in [6, 6.07) is 13.2. The molecule has 0 heterocycles. The summed E-state index contributed by atoms with van der Waals surface area (Å²) in [5.74, 6) is -0.991. The van der Waals surface area contributed by atoms with E-state index in [4.69, 9.17) is 17.3 Å². The lowest BCUT2D eigenvalue weighted by molar-refractivity contribution is 0.100. The number of hydrogen-bond donors (Lipinski definition) is 2. The summed E-state index contributed by atoms with van der Waals surface area (Å²) in [5.41, 5.74) is 6.19. The van der Waals surface area contributed by atoms with E-state index < -0.39 is 5.91 Å². The van der Waals surface area contributed by atoms with E-state index in [0.717, 1.165) is 0 Å². The van der Waals surface area contributed by atoms with Gasteiger partial charge in [-0.25, -0.2) is 0 Å². The summed E-state index contributed by atoms with van der Waals surface area (Å²) in [6.07, 6.45) is 0. The Kier molecular flexibility index (Phi) is 3.82. The standard InChI is InChI=1S/C14H11ClN2O2/c15-11-7-3-1-5-9(11)14(19)17-12-8-4-2-6-10(12)13(16)18/h1-8H,(H2,16,18)(H,17,19). The maximum absolute atomic E-state index is 12.1. The second-order valence-electron chi connectivity index (χ2n) is 3.84. The van der Waals surface area contributed by atoms with Crippen LogP contribution in [0.2, 0.25) is 5.02 Å². The fraction of sp³-hybridized carbons (Fsp3) is 0. The minimum Gasteiger partial charge on any atom is -0.366 e. The van der Waals surface area contributed by atoms with Crippen LogP contribution in [-0.4, -0.2) is 11.8 Å². The molecule has 5 heteroatoms. The zero-order chi connectivity index (χ0) is 13.8. The molecule has 0 aliphatic carbocycles. The molecule has 4 nitrogen and oxygen atoms in total. The lowest BCUT2D eigenvalue weighted by Crippen LogP contribution is -2.18. The highest BCUT2D eigenvalue weighted by molar-refractivity contribution is 6.34. The summed E-state index contributed by atoms with van der Waals surface area (Å²) in [7, 11) is 0. The summed E-state index contributed by atoms with van der Waals surface area (Å²) < 4.78 is 0. The number of carbonyl (C=O) groups excluding carboxylic acids is 2. The predicted octanol–water partition coefficient (Wildman–Crippen LogP) is 2.69. The fourth-order valence-electron chi connectivity index (χ4n) is 1.64. The molecule has 0 fully saturated rings. The van der Waals surface area contributed by atoms with Crippen LogP contribution in [0.3, 0.4) is 0 Å². The van der Waals surface area contributed by atoms with Crippen molar-refractivity contribution >= 4 is 29.1 Å². The van der Waals surface area contributed by atoms with Gasteiger partial charge in [0.25, 0.3) is 11.8 Å². The molecule has 0 atom stereocenters. The van der Waals surface area contributed by atoms with Crippen LogP contribution >= 0.6 is 11.6 Å². The van der Waals surface area contributed by atoms with E-state index in [1.54, 1.807) is 48.5 Å². The molecule has 19 heavy (non-hydrogen) atoms. The third-order valence-corrected chi connectivity index (χ3v) is 2.89. The molecule has 2 amide bonds. The zero-order valence-electron chi connectivity index (χ0n) is 9.89. The highest BCUT2D eigenvalue weighted by Gasteiger charge is 2.13. The zero-order valence-corrected chi connectivity index (χ0v) is 10.6. The number of rotatable bonds is 3. The van der Waals surface area contributed by atoms with Crippen molar-refractivity contribution in [3.8, 4) is 0 Å². The summed E-state index contributed by atoms with van der Waals surface area (Å²) >= 11 is 5.94. The average Bonchev–Trinajstić information content (AvgIpc) is 2.39. The van der Waals surface area contributed by atoms with E-state index >= 15 is 0 Å². The number of primary amides is 1. The van der Waals surface area contributed by atoms with Gasteiger partial charge in [0.1, 0.15) is 0 Å². The molecule has 0 saturated carbocycles. The molecule has 0 aromatic heterocycles. The number of hydrogen-bond acceptors (Lipinski definition) is 2. The molecular formula is C14H11ClN2O2. The quantitative estimate of drug-likeness (QED) is 0.903. The number of para-hydroxylation sites is 1. The van der Waals surface area contributed by atoms with Crippen LogP contribution in [0.4, 0.5) is 5.69 Å². The Bertz CT molecular complexity index is 641. The first-order valence-corrected chi connectivity index (χ1v) is 5.92. The van der Waals surface area contributed by atoms with Crippen LogP contribution in [-0.2, 0) is 0 Å². The molecule has 0 aliphatic heterocycles. The predicted molar refractivity (Wildman–Crippen MR) is 74.4 cm³/mol. The average molecular weight is 275 g/mol. The van der Waals surface area contributed by atoms with Gasteiger partial charge in [-0.2, -0.15) is 0 Å². The van der Waals surface area contributed by atoms with Crippen molar-refractivity contribution in [1.29, 1.82) is 0 Å². The smallest absolute Gasteiger partial charge is 0.257 e. The minimum atomic E-state index is -0.602. The molecule has 0 spiro atoms. The molecule has 0 bridgehead atoms. The van der Waals surface area contributed by atoms with Crippen LogP contribution < -0.4 is 11.1 Å². The maximum atomic E-state index is 12.1. The van der Waals surface area contributed by atoms with Gasteiger partial charge in [-0.1, -0.05) is 35.9 Å². The van der Waals surface area contributed by atoms with Crippen molar-refractivity contribution < 1.29 is 9.59 Å². The van der Waals surface area contributed by atoms with E-state index in [0.29, 0.717) is 16.3 Å². The Morgan fingerprint density at radius 1 is 0.947 bits per heavy atom. The molecule has 0 radical (unpaired) electrons. The van der Waals surface area contributed by atoms with Crippen molar-refractivity contribution in [3.63, 3.8) is 0 Å². The van der Waals surface area contributed by atoms with E-state index in [1.165, 1.54) is 0 Å². The van der Waals surface area contributed by atoms with Crippen LogP contribution in [0, 0.1) is 0 Å². The van der Waals surface area contributed by atoms with Gasteiger partial charge >= 0.3 is 0 Å². The molecule has 0 saturated heterocycles. The summed E-state index contributed by atoms with van der Waals surface area (Å²) in [6.45, 7) is 0. The van der Waals surface area contributed by atoms with Gasteiger partial charge in [0.15, 0.2) is 0 Å². The minimum absolute atomic E-state index is 0.253. The van der Waals surface area contributed by atoms with Gasteiger partial charge in [0.2, 0.25) is 0 Å². The lowest BCUT2D eigenvalue weighted by Gasteiger charge is -2.09. The number of halogens is 1. The third-order valence-electron chi connectivity index (χ3n) is 2.56. The van der Waals surface area contributed by atoms with Crippen LogP contribution in [0.25, 0.3) is 0 Å². The Morgan fingerprint density at radius 3 is 2.16 bits per heavy atom. The number of nitrogens with one attached hydrogen (secondary N) is 1. The number of amides is 2. The van der Waals surface area contributed by atoms with Crippen molar-refractivity contribution in [2.24, 2.45) is 5.73 Å². The highest BCUT2D eigenvalue weighted by Crippen LogP contribution is 2.19. The van der Waals surface area contributed by atoms with E-state index in [9.17, 15) is 9.59 Å². The van der Waals surface area contributed by atoms with Crippen LogP contribution in [0.15, 0.2) is 48.5 Å². The second-order valence-corrected chi connectivity index (χ2v) is 4.25. The number of nitrogens with two attached hydrogens (primary N) is 1. The Morgan fingerprint density at radius 2 is 1.53 bits per heavy atom. The van der Waals surface area contributed by atoms with Gasteiger partial charge in [0.05, 0.1) is 21.8 Å². The topological polar surface area (TPSA) is 72.2 Å². The van der Waals surface area contributed by atoms with Crippen molar-refractivity contribution in [2.45, 2.75) is 0 Å². The Balaban J connectivity index is 2.30. The highest BCUT2D eigenvalue weighted by atomic mass is 35.5. The van der Waals surface area contributed by atoms with Crippen molar-refractivity contribution in [1.82, 2.24) is 0 Å². The third kappa shape index (κ3) is 2.92. The molecular weight excluding hydrogens is 264 g/mol. The molecule has 0 aliphatic rings. The van der Waals surface area contributed by atoms with Gasteiger partial charge in [0, 0.05) is 0 Å². The largest absolute Gasteiger partial charge is 0.366 e. The van der Waals surface area contributed by atoms with Gasteiger partial charge < -0.3 is 11.1 Å². The van der Waals surface area contributed by atoms with E-state index in [1.807, 2.05) is 0 Å². The SMILES string of the molecule is NC(=O)c1ccccc1NC(=O)c1ccccc1Cl. The Hall–Kier alpha value is -2.33. The lowest BCUT2D eigenvalue weighted by atomic mass is 10.1. The number of carbonyl (C=O) groups is 2. The fourth-order valence-corrected chi connectivity index (χ4v) is 1.86. The van der Waals surface area contributed by atoms with Crippen molar-refractivity contribution in [3.05, 3.63) is 64.7 Å². The summed E-state index contributed by atoms with van der Waals surface area (Å²) in [4.78, 5) is 23.3. The van der Waals surface area contributed by atoms with Crippen molar-refractivity contribution in [2.75, 3.05) is 5.32 Å². The van der Waals surface area contributed by atoms with Crippen LogP contribution in [0.1, 0.15) is 20.7 Å².